The summed E-state index contributed by atoms with van der Waals surface area (Å²) in [4.78, 5) is 8.48. The van der Waals surface area contributed by atoms with Crippen LogP contribution in [0.1, 0.15) is 17.0 Å². The standard InChI is InChI=1S/C15H14N6/c1-11-6-15-17-8-12(9-20(15)18-11)2-3-13-7-14-4-5-16-10-21(14)19-13/h4-10H,2-3H2,1H3. The lowest BCUT2D eigenvalue weighted by Crippen LogP contribution is -1.98. The van der Waals surface area contributed by atoms with Gasteiger partial charge in [0.25, 0.3) is 0 Å². The van der Waals surface area contributed by atoms with Gasteiger partial charge in [0.15, 0.2) is 5.65 Å². The lowest BCUT2D eigenvalue weighted by Gasteiger charge is -2.00. The van der Waals surface area contributed by atoms with Gasteiger partial charge in [-0.05, 0) is 37.5 Å². The molecule has 0 fully saturated rings. The smallest absolute Gasteiger partial charge is 0.155 e. The fraction of sp³-hybridized carbons (Fsp3) is 0.200. The average Bonchev–Trinajstić information content (AvgIpc) is 3.06. The number of aromatic nitrogens is 6. The van der Waals surface area contributed by atoms with Gasteiger partial charge in [0.05, 0.1) is 16.9 Å². The van der Waals surface area contributed by atoms with Crippen molar-refractivity contribution in [1.29, 1.82) is 0 Å². The average molecular weight is 278 g/mol. The van der Waals surface area contributed by atoms with E-state index in [4.69, 9.17) is 0 Å². The first-order valence-corrected chi connectivity index (χ1v) is 6.87. The zero-order valence-corrected chi connectivity index (χ0v) is 11.6. The molecule has 4 aromatic rings. The van der Waals surface area contributed by atoms with Crippen LogP contribution in [0.2, 0.25) is 0 Å². The summed E-state index contributed by atoms with van der Waals surface area (Å²) < 4.78 is 3.63. The molecule has 6 heteroatoms. The van der Waals surface area contributed by atoms with Gasteiger partial charge in [0.1, 0.15) is 6.33 Å². The van der Waals surface area contributed by atoms with E-state index in [9.17, 15) is 0 Å². The van der Waals surface area contributed by atoms with Crippen molar-refractivity contribution in [2.24, 2.45) is 0 Å². The molecular formula is C15H14N6. The highest BCUT2D eigenvalue weighted by Gasteiger charge is 2.04. The number of fused-ring (bicyclic) bond motifs is 2. The first-order chi connectivity index (χ1) is 10.3. The summed E-state index contributed by atoms with van der Waals surface area (Å²) in [5.74, 6) is 0. The Morgan fingerprint density at radius 2 is 2.05 bits per heavy atom. The maximum Gasteiger partial charge on any atom is 0.155 e. The minimum absolute atomic E-state index is 0.870. The SMILES string of the molecule is Cc1cc2ncc(CCc3cc4ccncn4n3)cn2n1. The third-order valence-electron chi connectivity index (χ3n) is 3.48. The third-order valence-corrected chi connectivity index (χ3v) is 3.48. The van der Waals surface area contributed by atoms with Crippen molar-refractivity contribution in [3.63, 3.8) is 0 Å². The van der Waals surface area contributed by atoms with Crippen molar-refractivity contribution in [2.45, 2.75) is 19.8 Å². The summed E-state index contributed by atoms with van der Waals surface area (Å²) in [5.41, 5.74) is 5.14. The first kappa shape index (κ1) is 12.0. The van der Waals surface area contributed by atoms with E-state index in [0.29, 0.717) is 0 Å². The predicted molar refractivity (Wildman–Crippen MR) is 78.1 cm³/mol. The van der Waals surface area contributed by atoms with Crippen molar-refractivity contribution in [3.05, 3.63) is 60.1 Å². The molecule has 0 aliphatic carbocycles. The Balaban J connectivity index is 1.56. The number of aryl methyl sites for hydroxylation is 3. The molecule has 104 valence electrons. The molecule has 0 atom stereocenters. The highest BCUT2D eigenvalue weighted by molar-refractivity contribution is 5.46. The summed E-state index contributed by atoms with van der Waals surface area (Å²) in [6, 6.07) is 6.02. The molecule has 0 N–H and O–H groups in total. The Morgan fingerprint density at radius 3 is 2.95 bits per heavy atom. The van der Waals surface area contributed by atoms with E-state index in [0.717, 1.165) is 41.0 Å². The molecule has 0 unspecified atom stereocenters. The van der Waals surface area contributed by atoms with Crippen molar-refractivity contribution in [2.75, 3.05) is 0 Å². The van der Waals surface area contributed by atoms with Crippen LogP contribution >= 0.6 is 0 Å². The maximum atomic E-state index is 4.51. The topological polar surface area (TPSA) is 60.4 Å². The molecule has 0 saturated heterocycles. The highest BCUT2D eigenvalue weighted by Crippen LogP contribution is 2.10. The molecule has 6 nitrogen and oxygen atoms in total. The van der Waals surface area contributed by atoms with Gasteiger partial charge < -0.3 is 0 Å². The van der Waals surface area contributed by atoms with Crippen LogP contribution in [0.5, 0.6) is 0 Å². The second kappa shape index (κ2) is 4.66. The molecule has 4 rings (SSSR count). The Morgan fingerprint density at radius 1 is 1.10 bits per heavy atom. The quantitative estimate of drug-likeness (QED) is 0.574. The second-order valence-corrected chi connectivity index (χ2v) is 5.14. The van der Waals surface area contributed by atoms with Crippen LogP contribution in [-0.4, -0.2) is 29.2 Å². The van der Waals surface area contributed by atoms with Crippen molar-refractivity contribution in [3.8, 4) is 0 Å². The van der Waals surface area contributed by atoms with Crippen molar-refractivity contribution < 1.29 is 0 Å². The van der Waals surface area contributed by atoms with Gasteiger partial charge in [-0.1, -0.05) is 0 Å². The number of hydrogen-bond acceptors (Lipinski definition) is 4. The summed E-state index contributed by atoms with van der Waals surface area (Å²) in [6.45, 7) is 1.97. The van der Waals surface area contributed by atoms with Crippen LogP contribution in [0.3, 0.4) is 0 Å². The summed E-state index contributed by atoms with van der Waals surface area (Å²) in [6.07, 6.45) is 9.20. The summed E-state index contributed by atoms with van der Waals surface area (Å²) in [5, 5.41) is 8.90. The zero-order chi connectivity index (χ0) is 14.2. The first-order valence-electron chi connectivity index (χ1n) is 6.87. The molecule has 0 bridgehead atoms. The summed E-state index contributed by atoms with van der Waals surface area (Å²) in [7, 11) is 0. The van der Waals surface area contributed by atoms with Crippen LogP contribution < -0.4 is 0 Å². The molecular weight excluding hydrogens is 264 g/mol. The molecule has 4 aromatic heterocycles. The van der Waals surface area contributed by atoms with Gasteiger partial charge in [0, 0.05) is 24.7 Å². The Labute approximate surface area is 121 Å². The molecule has 21 heavy (non-hydrogen) atoms. The minimum atomic E-state index is 0.870. The molecule has 0 radical (unpaired) electrons. The van der Waals surface area contributed by atoms with E-state index in [1.165, 1.54) is 0 Å². The Hall–Kier alpha value is -2.76. The van der Waals surface area contributed by atoms with Gasteiger partial charge in [0.2, 0.25) is 0 Å². The summed E-state index contributed by atoms with van der Waals surface area (Å²) >= 11 is 0. The van der Waals surface area contributed by atoms with E-state index in [1.54, 1.807) is 17.0 Å². The molecule has 0 aliphatic heterocycles. The van der Waals surface area contributed by atoms with Gasteiger partial charge in [-0.2, -0.15) is 10.2 Å². The van der Waals surface area contributed by atoms with Crippen molar-refractivity contribution in [1.82, 2.24) is 29.2 Å². The third kappa shape index (κ3) is 2.24. The van der Waals surface area contributed by atoms with Crippen molar-refractivity contribution >= 4 is 11.2 Å². The number of hydrogen-bond donors (Lipinski definition) is 0. The van der Waals surface area contributed by atoms with Crippen LogP contribution in [0.4, 0.5) is 0 Å². The largest absolute Gasteiger partial charge is 0.245 e. The van der Waals surface area contributed by atoms with Gasteiger partial charge in [-0.3, -0.25) is 0 Å². The van der Waals surface area contributed by atoms with Gasteiger partial charge in [-0.15, -0.1) is 0 Å². The lowest BCUT2D eigenvalue weighted by atomic mass is 10.1. The zero-order valence-electron chi connectivity index (χ0n) is 11.6. The Kier molecular flexibility index (Phi) is 2.67. The van der Waals surface area contributed by atoms with Gasteiger partial charge in [-0.25, -0.2) is 19.0 Å². The fourth-order valence-electron chi connectivity index (χ4n) is 2.46. The van der Waals surface area contributed by atoms with E-state index < -0.39 is 0 Å². The molecule has 0 saturated carbocycles. The van der Waals surface area contributed by atoms with Crippen LogP contribution in [0, 0.1) is 6.92 Å². The molecule has 0 spiro atoms. The number of nitrogens with zero attached hydrogens (tertiary/aromatic N) is 6. The second-order valence-electron chi connectivity index (χ2n) is 5.14. The van der Waals surface area contributed by atoms with Crippen LogP contribution in [0.25, 0.3) is 11.2 Å². The van der Waals surface area contributed by atoms with E-state index in [1.807, 2.05) is 36.0 Å². The Bertz CT molecular complexity index is 887. The van der Waals surface area contributed by atoms with Crippen LogP contribution in [0.15, 0.2) is 43.1 Å². The fourth-order valence-corrected chi connectivity index (χ4v) is 2.46. The van der Waals surface area contributed by atoms with E-state index in [2.05, 4.69) is 26.2 Å². The van der Waals surface area contributed by atoms with Crippen LogP contribution in [-0.2, 0) is 12.8 Å². The predicted octanol–water partition coefficient (Wildman–Crippen LogP) is 1.87. The van der Waals surface area contributed by atoms with E-state index >= 15 is 0 Å². The molecule has 0 aliphatic rings. The van der Waals surface area contributed by atoms with E-state index in [-0.39, 0.29) is 0 Å². The molecule has 4 heterocycles. The minimum Gasteiger partial charge on any atom is -0.245 e. The lowest BCUT2D eigenvalue weighted by molar-refractivity contribution is 0.824. The highest BCUT2D eigenvalue weighted by atomic mass is 15.2. The van der Waals surface area contributed by atoms with Gasteiger partial charge >= 0.3 is 0 Å². The normalized spacial score (nSPS) is 11.5. The maximum absolute atomic E-state index is 4.51. The monoisotopic (exact) mass is 278 g/mol. The molecule has 0 aromatic carbocycles. The number of rotatable bonds is 3. The molecule has 0 amide bonds.